The van der Waals surface area contributed by atoms with Crippen LogP contribution in [-0.4, -0.2) is 16.5 Å². The molecule has 0 spiro atoms. The largest absolute Gasteiger partial charge is 0.454 e. The van der Waals surface area contributed by atoms with E-state index in [9.17, 15) is 4.79 Å². The number of H-pyrrole nitrogens is 1. The van der Waals surface area contributed by atoms with Crippen molar-refractivity contribution in [1.29, 1.82) is 0 Å². The molecule has 0 amide bonds. The van der Waals surface area contributed by atoms with E-state index >= 15 is 0 Å². The van der Waals surface area contributed by atoms with Gasteiger partial charge in [0.25, 0.3) is 0 Å². The van der Waals surface area contributed by atoms with Crippen LogP contribution in [0.5, 0.6) is 11.5 Å². The minimum atomic E-state index is -0.396. The van der Waals surface area contributed by atoms with Gasteiger partial charge in [-0.25, -0.2) is 4.79 Å². The van der Waals surface area contributed by atoms with E-state index in [1.165, 1.54) is 12.4 Å². The van der Waals surface area contributed by atoms with Crippen molar-refractivity contribution in [2.24, 2.45) is 5.73 Å². The van der Waals surface area contributed by atoms with Gasteiger partial charge >= 0.3 is 5.69 Å². The fourth-order valence-electron chi connectivity index (χ4n) is 1.48. The van der Waals surface area contributed by atoms with E-state index in [2.05, 4.69) is 9.97 Å². The topological polar surface area (TPSA) is 81.0 Å². The number of ether oxygens (including phenoxy) is 1. The van der Waals surface area contributed by atoms with Crippen molar-refractivity contribution in [2.75, 3.05) is 6.54 Å². The summed E-state index contributed by atoms with van der Waals surface area (Å²) in [4.78, 5) is 16.9. The molecule has 0 aliphatic rings. The molecular weight excluding hydrogens is 218 g/mol. The van der Waals surface area contributed by atoms with Crippen molar-refractivity contribution in [1.82, 2.24) is 9.97 Å². The lowest BCUT2D eigenvalue weighted by molar-refractivity contribution is 0.470. The molecule has 1 heterocycles. The van der Waals surface area contributed by atoms with Crippen LogP contribution in [0.15, 0.2) is 41.5 Å². The van der Waals surface area contributed by atoms with Gasteiger partial charge in [0.05, 0.1) is 12.4 Å². The zero-order valence-corrected chi connectivity index (χ0v) is 9.22. The van der Waals surface area contributed by atoms with Crippen molar-refractivity contribution < 1.29 is 4.74 Å². The smallest absolute Gasteiger partial charge is 0.345 e. The molecular formula is C12H13N3O2. The lowest BCUT2D eigenvalue weighted by Gasteiger charge is -2.09. The third-order valence-corrected chi connectivity index (χ3v) is 2.26. The maximum atomic E-state index is 10.8. The van der Waals surface area contributed by atoms with Crippen molar-refractivity contribution in [3.05, 3.63) is 52.7 Å². The molecule has 0 aliphatic heterocycles. The number of aromatic amines is 1. The maximum absolute atomic E-state index is 10.8. The molecule has 5 heteroatoms. The highest BCUT2D eigenvalue weighted by Crippen LogP contribution is 2.23. The van der Waals surface area contributed by atoms with Gasteiger partial charge in [0.15, 0.2) is 5.75 Å². The van der Waals surface area contributed by atoms with E-state index in [1.807, 2.05) is 24.3 Å². The summed E-state index contributed by atoms with van der Waals surface area (Å²) in [5.41, 5.74) is 6.16. The number of hydrogen-bond acceptors (Lipinski definition) is 4. The number of benzene rings is 1. The predicted octanol–water partition coefficient (Wildman–Crippen LogP) is 1.06. The number of aromatic nitrogens is 2. The third-order valence-electron chi connectivity index (χ3n) is 2.26. The Morgan fingerprint density at radius 3 is 2.88 bits per heavy atom. The Kier molecular flexibility index (Phi) is 3.52. The van der Waals surface area contributed by atoms with Crippen molar-refractivity contribution in [3.8, 4) is 11.5 Å². The van der Waals surface area contributed by atoms with Gasteiger partial charge in [-0.3, -0.25) is 0 Å². The molecule has 0 fully saturated rings. The minimum absolute atomic E-state index is 0.396. The minimum Gasteiger partial charge on any atom is -0.454 e. The number of nitrogens with one attached hydrogen (secondary N) is 1. The summed E-state index contributed by atoms with van der Waals surface area (Å²) >= 11 is 0. The Balaban J connectivity index is 2.23. The summed E-state index contributed by atoms with van der Waals surface area (Å²) in [6, 6.07) is 7.63. The van der Waals surface area contributed by atoms with Crippen LogP contribution in [0.25, 0.3) is 0 Å². The van der Waals surface area contributed by atoms with Crippen molar-refractivity contribution >= 4 is 0 Å². The SMILES string of the molecule is NCCc1ccccc1Oc1cnc(=O)[nH]c1. The van der Waals surface area contributed by atoms with Gasteiger partial charge in [0.2, 0.25) is 0 Å². The normalized spacial score (nSPS) is 10.2. The lowest BCUT2D eigenvalue weighted by Crippen LogP contribution is -2.08. The van der Waals surface area contributed by atoms with Crippen LogP contribution < -0.4 is 16.2 Å². The fourth-order valence-corrected chi connectivity index (χ4v) is 1.48. The Labute approximate surface area is 98.3 Å². The molecule has 3 N–H and O–H groups in total. The lowest BCUT2D eigenvalue weighted by atomic mass is 10.1. The van der Waals surface area contributed by atoms with Crippen LogP contribution in [0.1, 0.15) is 5.56 Å². The molecule has 2 rings (SSSR count). The summed E-state index contributed by atoms with van der Waals surface area (Å²) in [6.45, 7) is 0.560. The highest BCUT2D eigenvalue weighted by Gasteiger charge is 2.03. The number of para-hydroxylation sites is 1. The molecule has 1 aromatic carbocycles. The standard InChI is InChI=1S/C12H13N3O2/c13-6-5-9-3-1-2-4-11(9)17-10-7-14-12(16)15-8-10/h1-4,7-8H,5-6,13H2,(H,14,15,16). The predicted molar refractivity (Wildman–Crippen MR) is 64.1 cm³/mol. The van der Waals surface area contributed by atoms with E-state index in [0.717, 1.165) is 17.7 Å². The second-order valence-corrected chi connectivity index (χ2v) is 3.50. The maximum Gasteiger partial charge on any atom is 0.345 e. The quantitative estimate of drug-likeness (QED) is 0.824. The summed E-state index contributed by atoms with van der Waals surface area (Å²) in [5.74, 6) is 1.22. The van der Waals surface area contributed by atoms with Crippen LogP contribution in [0, 0.1) is 0 Å². The molecule has 1 aromatic heterocycles. The van der Waals surface area contributed by atoms with Gasteiger partial charge in [-0.15, -0.1) is 0 Å². The average Bonchev–Trinajstić information content (AvgIpc) is 2.35. The first-order valence-electron chi connectivity index (χ1n) is 5.30. The number of nitrogens with two attached hydrogens (primary N) is 1. The Morgan fingerprint density at radius 2 is 2.18 bits per heavy atom. The van der Waals surface area contributed by atoms with Gasteiger partial charge in [-0.2, -0.15) is 4.98 Å². The van der Waals surface area contributed by atoms with Gasteiger partial charge < -0.3 is 15.5 Å². The average molecular weight is 231 g/mol. The summed E-state index contributed by atoms with van der Waals surface area (Å²) in [5, 5.41) is 0. The van der Waals surface area contributed by atoms with Crippen LogP contribution >= 0.6 is 0 Å². The van der Waals surface area contributed by atoms with E-state index in [4.69, 9.17) is 10.5 Å². The Morgan fingerprint density at radius 1 is 1.35 bits per heavy atom. The van der Waals surface area contributed by atoms with Crippen molar-refractivity contribution in [2.45, 2.75) is 6.42 Å². The third kappa shape index (κ3) is 2.92. The molecule has 0 unspecified atom stereocenters. The molecule has 0 aliphatic carbocycles. The molecule has 17 heavy (non-hydrogen) atoms. The van der Waals surface area contributed by atoms with Gasteiger partial charge in [-0.1, -0.05) is 18.2 Å². The second-order valence-electron chi connectivity index (χ2n) is 3.50. The highest BCUT2D eigenvalue weighted by molar-refractivity contribution is 5.36. The Hall–Kier alpha value is -2.14. The molecule has 5 nitrogen and oxygen atoms in total. The van der Waals surface area contributed by atoms with E-state index in [1.54, 1.807) is 0 Å². The molecule has 0 atom stereocenters. The second kappa shape index (κ2) is 5.27. The molecule has 0 saturated carbocycles. The molecule has 0 saturated heterocycles. The molecule has 88 valence electrons. The van der Waals surface area contributed by atoms with Crippen LogP contribution in [-0.2, 0) is 6.42 Å². The highest BCUT2D eigenvalue weighted by atomic mass is 16.5. The van der Waals surface area contributed by atoms with Gasteiger partial charge in [0.1, 0.15) is 5.75 Å². The molecule has 2 aromatic rings. The van der Waals surface area contributed by atoms with Gasteiger partial charge in [0, 0.05) is 0 Å². The van der Waals surface area contributed by atoms with Crippen molar-refractivity contribution in [3.63, 3.8) is 0 Å². The molecule has 0 radical (unpaired) electrons. The fraction of sp³-hybridized carbons (Fsp3) is 0.167. The zero-order chi connectivity index (χ0) is 12.1. The first kappa shape index (κ1) is 11.3. The van der Waals surface area contributed by atoms with E-state index in [0.29, 0.717) is 12.3 Å². The Bertz CT molecular complexity index is 531. The zero-order valence-electron chi connectivity index (χ0n) is 9.22. The van der Waals surface area contributed by atoms with Crippen LogP contribution in [0.4, 0.5) is 0 Å². The van der Waals surface area contributed by atoms with Gasteiger partial charge in [-0.05, 0) is 24.6 Å². The first-order chi connectivity index (χ1) is 8.29. The van der Waals surface area contributed by atoms with Crippen LogP contribution in [0.3, 0.4) is 0 Å². The summed E-state index contributed by atoms with van der Waals surface area (Å²) < 4.78 is 5.63. The monoisotopic (exact) mass is 231 g/mol. The number of nitrogens with zero attached hydrogens (tertiary/aromatic N) is 1. The molecule has 0 bridgehead atoms. The van der Waals surface area contributed by atoms with Crippen LogP contribution in [0.2, 0.25) is 0 Å². The summed E-state index contributed by atoms with van der Waals surface area (Å²) in [7, 11) is 0. The number of hydrogen-bond donors (Lipinski definition) is 2. The van der Waals surface area contributed by atoms with E-state index in [-0.39, 0.29) is 0 Å². The number of rotatable bonds is 4. The first-order valence-corrected chi connectivity index (χ1v) is 5.30. The van der Waals surface area contributed by atoms with E-state index < -0.39 is 5.69 Å². The summed E-state index contributed by atoms with van der Waals surface area (Å²) in [6.07, 6.45) is 3.61.